The molecule has 1 unspecified atom stereocenters. The molecule has 0 amide bonds. The summed E-state index contributed by atoms with van der Waals surface area (Å²) < 4.78 is 13.0. The van der Waals surface area contributed by atoms with Crippen LogP contribution in [0.15, 0.2) is 12.1 Å². The van der Waals surface area contributed by atoms with Gasteiger partial charge in [-0.1, -0.05) is 11.6 Å². The van der Waals surface area contributed by atoms with Gasteiger partial charge >= 0.3 is 0 Å². The highest BCUT2D eigenvalue weighted by Gasteiger charge is 2.18. The lowest BCUT2D eigenvalue weighted by Gasteiger charge is -2.10. The number of benzene rings is 1. The Labute approximate surface area is 106 Å². The molecule has 0 aliphatic heterocycles. The monoisotopic (exact) mass is 282 g/mol. The van der Waals surface area contributed by atoms with Crippen LogP contribution in [0.4, 0.5) is 15.8 Å². The summed E-state index contributed by atoms with van der Waals surface area (Å²) in [5.74, 6) is -0.891. The maximum atomic E-state index is 13.0. The van der Waals surface area contributed by atoms with Gasteiger partial charge in [0.05, 0.1) is 28.0 Å². The summed E-state index contributed by atoms with van der Waals surface area (Å²) in [6.07, 6.45) is -0.861. The molecule has 0 aromatic heterocycles. The van der Waals surface area contributed by atoms with E-state index in [0.717, 1.165) is 12.1 Å². The van der Waals surface area contributed by atoms with E-state index < -0.39 is 22.5 Å². The van der Waals surface area contributed by atoms with Crippen LogP contribution in [0.2, 0.25) is 5.02 Å². The first-order chi connectivity index (χ1) is 7.95. The van der Waals surface area contributed by atoms with E-state index >= 15 is 0 Å². The predicted octanol–water partition coefficient (Wildman–Crippen LogP) is 2.40. The van der Waals surface area contributed by atoms with Gasteiger partial charge in [0.1, 0.15) is 11.5 Å². The summed E-state index contributed by atoms with van der Waals surface area (Å²) >= 11 is 10.9. The topological polar surface area (TPSA) is 75.4 Å². The molecule has 0 heterocycles. The minimum atomic E-state index is -0.873. The van der Waals surface area contributed by atoms with Gasteiger partial charge in [0, 0.05) is 6.54 Å². The Kier molecular flexibility index (Phi) is 4.92. The summed E-state index contributed by atoms with van der Waals surface area (Å²) in [5.41, 5.74) is -0.417. The van der Waals surface area contributed by atoms with Crippen molar-refractivity contribution in [3.63, 3.8) is 0 Å². The van der Waals surface area contributed by atoms with Crippen molar-refractivity contribution in [3.05, 3.63) is 33.1 Å². The third kappa shape index (κ3) is 3.69. The molecule has 2 N–H and O–H groups in total. The van der Waals surface area contributed by atoms with E-state index in [0.29, 0.717) is 0 Å². The van der Waals surface area contributed by atoms with Crippen molar-refractivity contribution in [1.82, 2.24) is 0 Å². The number of aliphatic hydroxyl groups excluding tert-OH is 1. The molecule has 94 valence electrons. The van der Waals surface area contributed by atoms with Gasteiger partial charge in [0.25, 0.3) is 5.69 Å². The van der Waals surface area contributed by atoms with Gasteiger partial charge in [-0.2, -0.15) is 0 Å². The van der Waals surface area contributed by atoms with Crippen molar-refractivity contribution in [1.29, 1.82) is 0 Å². The van der Waals surface area contributed by atoms with Crippen molar-refractivity contribution in [2.75, 3.05) is 17.7 Å². The smallest absolute Gasteiger partial charge is 0.295 e. The normalized spacial score (nSPS) is 12.2. The lowest BCUT2D eigenvalue weighted by molar-refractivity contribution is -0.384. The molecule has 0 fully saturated rings. The Hall–Kier alpha value is -1.11. The van der Waals surface area contributed by atoms with E-state index in [2.05, 4.69) is 5.32 Å². The van der Waals surface area contributed by atoms with Crippen LogP contribution < -0.4 is 5.32 Å². The van der Waals surface area contributed by atoms with E-state index in [4.69, 9.17) is 23.2 Å². The van der Waals surface area contributed by atoms with Crippen molar-refractivity contribution >= 4 is 34.6 Å². The van der Waals surface area contributed by atoms with Gasteiger partial charge in [-0.15, -0.1) is 11.6 Å². The SMILES string of the molecule is O=[N+]([O-])c1cc(F)c(Cl)cc1NCC(O)CCl. The number of alkyl halides is 1. The quantitative estimate of drug-likeness (QED) is 0.494. The number of aliphatic hydroxyl groups is 1. The van der Waals surface area contributed by atoms with E-state index in [1.54, 1.807) is 0 Å². The lowest BCUT2D eigenvalue weighted by atomic mass is 10.2. The van der Waals surface area contributed by atoms with Gasteiger partial charge in [0.15, 0.2) is 0 Å². The maximum absolute atomic E-state index is 13.0. The van der Waals surface area contributed by atoms with E-state index in [1.807, 2.05) is 0 Å². The molecule has 1 aromatic rings. The standard InChI is InChI=1S/C9H9Cl2FN2O3/c10-3-5(15)4-13-8-1-6(11)7(12)2-9(8)14(16)17/h1-2,5,13,15H,3-4H2. The van der Waals surface area contributed by atoms with Crippen molar-refractivity contribution in [2.45, 2.75) is 6.10 Å². The molecule has 8 heteroatoms. The van der Waals surface area contributed by atoms with Gasteiger partial charge in [-0.05, 0) is 6.07 Å². The van der Waals surface area contributed by atoms with E-state index in [-0.39, 0.29) is 23.1 Å². The number of nitrogens with one attached hydrogen (secondary N) is 1. The number of nitro benzene ring substituents is 1. The van der Waals surface area contributed by atoms with Gasteiger partial charge < -0.3 is 10.4 Å². The third-order valence-electron chi connectivity index (χ3n) is 1.94. The Morgan fingerprint density at radius 3 is 2.76 bits per heavy atom. The molecule has 0 bridgehead atoms. The van der Waals surface area contributed by atoms with Crippen molar-refractivity contribution in [2.24, 2.45) is 0 Å². The van der Waals surface area contributed by atoms with Crippen LogP contribution in [0.3, 0.4) is 0 Å². The van der Waals surface area contributed by atoms with Gasteiger partial charge in [-0.3, -0.25) is 10.1 Å². The highest BCUT2D eigenvalue weighted by atomic mass is 35.5. The van der Waals surface area contributed by atoms with E-state index in [1.165, 1.54) is 0 Å². The highest BCUT2D eigenvalue weighted by Crippen LogP contribution is 2.30. The number of nitrogens with zero attached hydrogens (tertiary/aromatic N) is 1. The molecule has 0 saturated carbocycles. The molecule has 1 aromatic carbocycles. The lowest BCUT2D eigenvalue weighted by Crippen LogP contribution is -2.21. The first kappa shape index (κ1) is 14.0. The Bertz CT molecular complexity index is 431. The zero-order valence-corrected chi connectivity index (χ0v) is 10.0. The first-order valence-electron chi connectivity index (χ1n) is 4.57. The fourth-order valence-electron chi connectivity index (χ4n) is 1.11. The molecule has 0 spiro atoms. The maximum Gasteiger partial charge on any atom is 0.295 e. The summed E-state index contributed by atoms with van der Waals surface area (Å²) in [7, 11) is 0. The molecular formula is C9H9Cl2FN2O3. The Balaban J connectivity index is 2.96. The first-order valence-corrected chi connectivity index (χ1v) is 5.48. The molecule has 0 aliphatic rings. The molecule has 17 heavy (non-hydrogen) atoms. The van der Waals surface area contributed by atoms with Crippen LogP contribution in [0.1, 0.15) is 0 Å². The second kappa shape index (κ2) is 6.00. The fourth-order valence-corrected chi connectivity index (χ4v) is 1.38. The zero-order valence-electron chi connectivity index (χ0n) is 8.49. The molecule has 0 saturated heterocycles. The average Bonchev–Trinajstić information content (AvgIpc) is 2.29. The molecular weight excluding hydrogens is 274 g/mol. The van der Waals surface area contributed by atoms with Crippen LogP contribution >= 0.6 is 23.2 Å². The highest BCUT2D eigenvalue weighted by molar-refractivity contribution is 6.31. The Morgan fingerprint density at radius 2 is 2.24 bits per heavy atom. The third-order valence-corrected chi connectivity index (χ3v) is 2.59. The number of halogens is 3. The van der Waals surface area contributed by atoms with Crippen LogP contribution in [0.5, 0.6) is 0 Å². The minimum Gasteiger partial charge on any atom is -0.390 e. The van der Waals surface area contributed by atoms with Crippen LogP contribution in [-0.2, 0) is 0 Å². The zero-order chi connectivity index (χ0) is 13.0. The Morgan fingerprint density at radius 1 is 1.59 bits per heavy atom. The van der Waals surface area contributed by atoms with Crippen LogP contribution in [0.25, 0.3) is 0 Å². The summed E-state index contributed by atoms with van der Waals surface area (Å²) in [4.78, 5) is 9.93. The fraction of sp³-hybridized carbons (Fsp3) is 0.333. The molecule has 0 aliphatic carbocycles. The van der Waals surface area contributed by atoms with Crippen LogP contribution in [-0.4, -0.2) is 28.6 Å². The number of hydrogen-bond donors (Lipinski definition) is 2. The molecule has 1 rings (SSSR count). The van der Waals surface area contributed by atoms with E-state index in [9.17, 15) is 19.6 Å². The predicted molar refractivity (Wildman–Crippen MR) is 63.3 cm³/mol. The van der Waals surface area contributed by atoms with Gasteiger partial charge in [-0.25, -0.2) is 4.39 Å². The van der Waals surface area contributed by atoms with Gasteiger partial charge in [0.2, 0.25) is 0 Å². The number of anilines is 1. The summed E-state index contributed by atoms with van der Waals surface area (Å²) in [6, 6.07) is 1.81. The number of rotatable bonds is 5. The summed E-state index contributed by atoms with van der Waals surface area (Å²) in [6.45, 7) is 0.00625. The molecule has 5 nitrogen and oxygen atoms in total. The second-order valence-corrected chi connectivity index (χ2v) is 3.95. The molecule has 1 atom stereocenters. The number of hydrogen-bond acceptors (Lipinski definition) is 4. The van der Waals surface area contributed by atoms with Crippen LogP contribution in [0, 0.1) is 15.9 Å². The largest absolute Gasteiger partial charge is 0.390 e. The van der Waals surface area contributed by atoms with Crippen molar-refractivity contribution < 1.29 is 14.4 Å². The molecule has 0 radical (unpaired) electrons. The van der Waals surface area contributed by atoms with Crippen molar-refractivity contribution in [3.8, 4) is 0 Å². The summed E-state index contributed by atoms with van der Waals surface area (Å²) in [5, 5.41) is 22.2. The minimum absolute atomic E-state index is 0.00625. The second-order valence-electron chi connectivity index (χ2n) is 3.23. The number of nitro groups is 1. The average molecular weight is 283 g/mol.